The van der Waals surface area contributed by atoms with Crippen LogP contribution in [0.3, 0.4) is 0 Å². The molecule has 1 fully saturated rings. The van der Waals surface area contributed by atoms with Crippen molar-refractivity contribution in [2.45, 2.75) is 18.8 Å². The Labute approximate surface area is 124 Å². The number of anilines is 1. The van der Waals surface area contributed by atoms with Crippen LogP contribution in [0.4, 0.5) is 5.69 Å². The number of fused-ring (bicyclic) bond motifs is 1. The van der Waals surface area contributed by atoms with Gasteiger partial charge in [0, 0.05) is 24.1 Å². The molecule has 112 valence electrons. The Balaban J connectivity index is 2.07. The van der Waals surface area contributed by atoms with E-state index < -0.39 is 0 Å². The number of benzene rings is 1. The fraction of sp³-hybridized carbons (Fsp3) is 0.438. The Bertz CT molecular complexity index is 644. The first-order valence-corrected chi connectivity index (χ1v) is 7.33. The molecule has 1 aromatic heterocycles. The molecule has 1 saturated heterocycles. The molecule has 0 unspecified atom stereocenters. The van der Waals surface area contributed by atoms with Crippen molar-refractivity contribution in [1.82, 2.24) is 9.88 Å². The smallest absolute Gasteiger partial charge is 0.238 e. The van der Waals surface area contributed by atoms with E-state index in [1.165, 1.54) is 28.6 Å². The average molecular weight is 287 g/mol. The van der Waals surface area contributed by atoms with Gasteiger partial charge in [0.25, 0.3) is 0 Å². The third-order valence-corrected chi connectivity index (χ3v) is 4.33. The molecular formula is C16H21N3O2. The fourth-order valence-electron chi connectivity index (χ4n) is 3.22. The third kappa shape index (κ3) is 2.54. The van der Waals surface area contributed by atoms with Crippen LogP contribution in [0.1, 0.15) is 24.3 Å². The summed E-state index contributed by atoms with van der Waals surface area (Å²) >= 11 is 0. The zero-order valence-corrected chi connectivity index (χ0v) is 12.5. The van der Waals surface area contributed by atoms with Gasteiger partial charge in [-0.15, -0.1) is 0 Å². The molecule has 3 rings (SSSR count). The molecule has 2 aromatic rings. The number of carbonyl (C=O) groups excluding carboxylic acids is 1. The predicted octanol–water partition coefficient (Wildman–Crippen LogP) is 2.17. The van der Waals surface area contributed by atoms with Crippen LogP contribution in [0.15, 0.2) is 24.4 Å². The van der Waals surface area contributed by atoms with Gasteiger partial charge in [-0.1, -0.05) is 0 Å². The number of rotatable bonds is 4. The number of carbonyl (C=O) groups is 1. The normalized spacial score (nSPS) is 16.3. The highest BCUT2D eigenvalue weighted by Gasteiger charge is 2.20. The summed E-state index contributed by atoms with van der Waals surface area (Å²) in [4.78, 5) is 16.1. The molecule has 1 aliphatic heterocycles. The van der Waals surface area contributed by atoms with Gasteiger partial charge in [0.05, 0.1) is 12.8 Å². The number of nitrogens with one attached hydrogen (secondary N) is 1. The molecule has 5 heteroatoms. The van der Waals surface area contributed by atoms with Crippen molar-refractivity contribution in [3.63, 3.8) is 0 Å². The van der Waals surface area contributed by atoms with Gasteiger partial charge < -0.3 is 9.88 Å². The molecule has 0 aliphatic carbocycles. The first-order valence-electron chi connectivity index (χ1n) is 7.33. The molecule has 1 amide bonds. The maximum atomic E-state index is 11.1. The van der Waals surface area contributed by atoms with Gasteiger partial charge in [-0.2, -0.15) is 5.06 Å². The molecule has 0 bridgehead atoms. The second-order valence-electron chi connectivity index (χ2n) is 5.53. The van der Waals surface area contributed by atoms with Crippen molar-refractivity contribution >= 4 is 23.0 Å². The minimum Gasteiger partial charge on any atom is -0.350 e. The zero-order chi connectivity index (χ0) is 14.8. The van der Waals surface area contributed by atoms with E-state index >= 15 is 0 Å². The standard InChI is InChI=1S/C16H21N3O2/c1-18-10-15(12-5-7-17-8-6-12)14-9-13(3-4-16(14)18)19(11-20)21-2/h3-4,9-12,17H,5-8H2,1-2H3. The number of nitrogens with zero attached hydrogens (tertiary/aromatic N) is 2. The third-order valence-electron chi connectivity index (χ3n) is 4.33. The van der Waals surface area contributed by atoms with Crippen molar-refractivity contribution in [1.29, 1.82) is 0 Å². The number of amides is 1. The summed E-state index contributed by atoms with van der Waals surface area (Å²) < 4.78 is 2.16. The van der Waals surface area contributed by atoms with Gasteiger partial charge in [-0.25, -0.2) is 0 Å². The Hall–Kier alpha value is -1.85. The second-order valence-corrected chi connectivity index (χ2v) is 5.53. The van der Waals surface area contributed by atoms with Crippen LogP contribution in [0.2, 0.25) is 0 Å². The van der Waals surface area contributed by atoms with Gasteiger partial charge in [0.1, 0.15) is 0 Å². The van der Waals surface area contributed by atoms with E-state index in [0.29, 0.717) is 12.3 Å². The molecule has 0 radical (unpaired) electrons. The van der Waals surface area contributed by atoms with Crippen LogP contribution >= 0.6 is 0 Å². The number of hydrogen-bond acceptors (Lipinski definition) is 3. The predicted molar refractivity (Wildman–Crippen MR) is 83.3 cm³/mol. The van der Waals surface area contributed by atoms with Crippen LogP contribution in [0.25, 0.3) is 10.9 Å². The molecule has 1 aliphatic rings. The minimum atomic E-state index is 0.581. The molecule has 0 saturated carbocycles. The van der Waals surface area contributed by atoms with Gasteiger partial charge in [-0.05, 0) is 55.6 Å². The summed E-state index contributed by atoms with van der Waals surface area (Å²) in [5.41, 5.74) is 3.33. The fourth-order valence-corrected chi connectivity index (χ4v) is 3.22. The summed E-state index contributed by atoms with van der Waals surface area (Å²) in [5, 5.41) is 5.87. The highest BCUT2D eigenvalue weighted by Crippen LogP contribution is 2.34. The first kappa shape index (κ1) is 14.1. The van der Waals surface area contributed by atoms with E-state index in [-0.39, 0.29) is 0 Å². The Morgan fingerprint density at radius 3 is 2.81 bits per heavy atom. The topological polar surface area (TPSA) is 46.5 Å². The van der Waals surface area contributed by atoms with Crippen LogP contribution in [-0.4, -0.2) is 31.2 Å². The highest BCUT2D eigenvalue weighted by atomic mass is 16.7. The van der Waals surface area contributed by atoms with Crippen molar-refractivity contribution in [2.24, 2.45) is 7.05 Å². The van der Waals surface area contributed by atoms with E-state index in [1.807, 2.05) is 18.2 Å². The highest BCUT2D eigenvalue weighted by molar-refractivity contribution is 5.89. The zero-order valence-electron chi connectivity index (χ0n) is 12.5. The van der Waals surface area contributed by atoms with E-state index in [4.69, 9.17) is 4.84 Å². The molecule has 1 N–H and O–H groups in total. The number of aromatic nitrogens is 1. The summed E-state index contributed by atoms with van der Waals surface area (Å²) in [6.07, 6.45) is 5.23. The van der Waals surface area contributed by atoms with Crippen LogP contribution in [0, 0.1) is 0 Å². The summed E-state index contributed by atoms with van der Waals surface area (Å²) in [6.45, 7) is 2.14. The van der Waals surface area contributed by atoms with Crippen molar-refractivity contribution in [3.8, 4) is 0 Å². The van der Waals surface area contributed by atoms with Gasteiger partial charge in [-0.3, -0.25) is 9.63 Å². The Kier molecular flexibility index (Phi) is 3.94. The lowest BCUT2D eigenvalue weighted by Gasteiger charge is -2.22. The van der Waals surface area contributed by atoms with Crippen molar-refractivity contribution in [2.75, 3.05) is 25.3 Å². The van der Waals surface area contributed by atoms with E-state index in [9.17, 15) is 4.79 Å². The summed E-state index contributed by atoms with van der Waals surface area (Å²) in [6, 6.07) is 6.00. The molecular weight excluding hydrogens is 266 g/mol. The monoisotopic (exact) mass is 287 g/mol. The quantitative estimate of drug-likeness (QED) is 0.692. The van der Waals surface area contributed by atoms with Crippen LogP contribution in [-0.2, 0) is 16.7 Å². The lowest BCUT2D eigenvalue weighted by molar-refractivity contribution is -0.112. The second kappa shape index (κ2) is 5.87. The molecule has 2 heterocycles. The number of hydroxylamine groups is 1. The lowest BCUT2D eigenvalue weighted by Crippen LogP contribution is -2.26. The van der Waals surface area contributed by atoms with Gasteiger partial charge >= 0.3 is 0 Å². The van der Waals surface area contributed by atoms with Crippen LogP contribution in [0.5, 0.6) is 0 Å². The minimum absolute atomic E-state index is 0.581. The van der Waals surface area contributed by atoms with Gasteiger partial charge in [0.2, 0.25) is 6.41 Å². The summed E-state index contributed by atoms with van der Waals surface area (Å²) in [7, 11) is 3.57. The Morgan fingerprint density at radius 1 is 1.38 bits per heavy atom. The molecule has 21 heavy (non-hydrogen) atoms. The maximum Gasteiger partial charge on any atom is 0.238 e. The maximum absolute atomic E-state index is 11.1. The SMILES string of the molecule is CON(C=O)c1ccc2c(c1)c(C1CCNCC1)cn2C. The van der Waals surface area contributed by atoms with Crippen LogP contribution < -0.4 is 10.4 Å². The van der Waals surface area contributed by atoms with Crippen molar-refractivity contribution in [3.05, 3.63) is 30.0 Å². The van der Waals surface area contributed by atoms with Gasteiger partial charge in [0.15, 0.2) is 0 Å². The average Bonchev–Trinajstić information content (AvgIpc) is 2.86. The number of piperidine rings is 1. The molecule has 5 nitrogen and oxygen atoms in total. The molecule has 1 aromatic carbocycles. The Morgan fingerprint density at radius 2 is 2.14 bits per heavy atom. The van der Waals surface area contributed by atoms with E-state index in [1.54, 1.807) is 0 Å². The number of hydrogen-bond donors (Lipinski definition) is 1. The largest absolute Gasteiger partial charge is 0.350 e. The summed E-state index contributed by atoms with van der Waals surface area (Å²) in [5.74, 6) is 0.581. The van der Waals surface area contributed by atoms with Crippen molar-refractivity contribution < 1.29 is 9.63 Å². The number of aryl methyl sites for hydroxylation is 1. The van der Waals surface area contributed by atoms with E-state index in [0.717, 1.165) is 31.6 Å². The van der Waals surface area contributed by atoms with E-state index in [2.05, 4.69) is 23.1 Å². The first-order chi connectivity index (χ1) is 10.2. The lowest BCUT2D eigenvalue weighted by atomic mass is 9.90. The molecule has 0 atom stereocenters. The molecule has 0 spiro atoms.